The zero-order chi connectivity index (χ0) is 20.3. The number of carboxylic acid groups (broad SMARTS) is 1. The van der Waals surface area contributed by atoms with Crippen LogP contribution in [0.4, 0.5) is 5.69 Å². The lowest BCUT2D eigenvalue weighted by atomic mass is 9.58. The number of carbonyl (C=O) groups excluding carboxylic acids is 2. The number of carboxylic acids is 1. The molecule has 0 saturated heterocycles. The Bertz CT molecular complexity index is 739. The molecule has 0 aromatic carbocycles. The third-order valence-electron chi connectivity index (χ3n) is 5.96. The van der Waals surface area contributed by atoms with Crippen molar-refractivity contribution in [3.8, 4) is 0 Å². The van der Waals surface area contributed by atoms with E-state index in [1.54, 1.807) is 18.0 Å². The molecule has 3 aliphatic carbocycles. The molecule has 2 atom stereocenters. The van der Waals surface area contributed by atoms with E-state index in [4.69, 9.17) is 4.74 Å². The number of amides is 2. The Balaban J connectivity index is 1.78. The molecule has 3 fully saturated rings. The number of rotatable bonds is 8. The van der Waals surface area contributed by atoms with Crippen molar-refractivity contribution in [2.45, 2.75) is 39.2 Å². The molecule has 0 unspecified atom stereocenters. The Morgan fingerprint density at radius 1 is 1.21 bits per heavy atom. The van der Waals surface area contributed by atoms with Crippen molar-refractivity contribution in [2.75, 3.05) is 25.6 Å². The molecule has 2 amide bonds. The zero-order valence-electron chi connectivity index (χ0n) is 16.3. The Hall–Kier alpha value is -2.42. The summed E-state index contributed by atoms with van der Waals surface area (Å²) in [5, 5.41) is 19.4. The summed E-state index contributed by atoms with van der Waals surface area (Å²) >= 11 is 0. The Kier molecular flexibility index (Phi) is 6.33. The molecule has 0 radical (unpaired) electrons. The number of fused-ring (bicyclic) bond motifs is 3. The first-order valence-corrected chi connectivity index (χ1v) is 9.84. The van der Waals surface area contributed by atoms with Gasteiger partial charge in [0, 0.05) is 26.4 Å². The van der Waals surface area contributed by atoms with Crippen molar-refractivity contribution in [3.63, 3.8) is 0 Å². The second kappa shape index (κ2) is 8.72. The number of aromatic nitrogens is 2. The van der Waals surface area contributed by atoms with E-state index in [2.05, 4.69) is 15.7 Å². The number of nitrogens with zero attached hydrogens (tertiary/aromatic N) is 2. The fraction of sp³-hybridized carbons (Fsp3) is 0.684. The second-order valence-corrected chi connectivity index (χ2v) is 7.55. The van der Waals surface area contributed by atoms with E-state index in [1.165, 1.54) is 0 Å². The highest BCUT2D eigenvalue weighted by Crippen LogP contribution is 2.49. The Morgan fingerprint density at radius 2 is 1.86 bits per heavy atom. The molecule has 3 saturated carbocycles. The van der Waals surface area contributed by atoms with Gasteiger partial charge in [-0.15, -0.1) is 0 Å². The number of methoxy groups -OCH3 is 1. The van der Waals surface area contributed by atoms with E-state index in [0.29, 0.717) is 25.4 Å². The highest BCUT2D eigenvalue weighted by Gasteiger charge is 2.50. The number of aliphatic carboxylic acids is 1. The molecule has 0 aliphatic heterocycles. The van der Waals surface area contributed by atoms with Crippen molar-refractivity contribution in [3.05, 3.63) is 11.9 Å². The standard InChI is InChI=1S/C19H28N4O5/c1-3-23-10-13(16(22-23)18(25)20-8-9-28-2)21-17(24)14-11-4-6-12(7-5-11)15(14)19(26)27/h10-12,14-15H,3-9H2,1-2H3,(H,20,25)(H,21,24)(H,26,27)/t11?,12?,14-,15+/m1/s1. The van der Waals surface area contributed by atoms with Crippen LogP contribution in [0.1, 0.15) is 43.1 Å². The van der Waals surface area contributed by atoms with Gasteiger partial charge in [0.05, 0.1) is 24.1 Å². The summed E-state index contributed by atoms with van der Waals surface area (Å²) in [6, 6.07) is 0. The number of carbonyl (C=O) groups is 3. The van der Waals surface area contributed by atoms with E-state index in [1.807, 2.05) is 6.92 Å². The van der Waals surface area contributed by atoms with Gasteiger partial charge in [-0.2, -0.15) is 5.10 Å². The van der Waals surface area contributed by atoms with Gasteiger partial charge in [-0.25, -0.2) is 0 Å². The average molecular weight is 392 g/mol. The van der Waals surface area contributed by atoms with Gasteiger partial charge < -0.3 is 20.5 Å². The first kappa shape index (κ1) is 20.3. The van der Waals surface area contributed by atoms with Gasteiger partial charge in [0.25, 0.3) is 5.91 Å². The van der Waals surface area contributed by atoms with Gasteiger partial charge in [-0.05, 0) is 44.4 Å². The number of nitrogens with one attached hydrogen (secondary N) is 2. The molecular weight excluding hydrogens is 364 g/mol. The number of hydrogen-bond donors (Lipinski definition) is 3. The quantitative estimate of drug-likeness (QED) is 0.574. The molecule has 4 rings (SSSR count). The molecular formula is C19H28N4O5. The normalized spacial score (nSPS) is 26.1. The molecule has 1 heterocycles. The van der Waals surface area contributed by atoms with Crippen LogP contribution in [0.5, 0.6) is 0 Å². The number of anilines is 1. The zero-order valence-corrected chi connectivity index (χ0v) is 16.3. The summed E-state index contributed by atoms with van der Waals surface area (Å²) in [6.45, 7) is 3.12. The third kappa shape index (κ3) is 4.04. The molecule has 3 aliphatic rings. The molecule has 154 valence electrons. The van der Waals surface area contributed by atoms with Gasteiger partial charge in [0.1, 0.15) is 0 Å². The maximum Gasteiger partial charge on any atom is 0.307 e. The van der Waals surface area contributed by atoms with Crippen LogP contribution in [0.15, 0.2) is 6.20 Å². The lowest BCUT2D eigenvalue weighted by Gasteiger charge is -2.45. The number of ether oxygens (including phenoxy) is 1. The first-order valence-electron chi connectivity index (χ1n) is 9.84. The van der Waals surface area contributed by atoms with Crippen LogP contribution < -0.4 is 10.6 Å². The van der Waals surface area contributed by atoms with Gasteiger partial charge in [0.2, 0.25) is 5.91 Å². The number of hydrogen-bond acceptors (Lipinski definition) is 5. The van der Waals surface area contributed by atoms with Crippen molar-refractivity contribution in [2.24, 2.45) is 23.7 Å². The smallest absolute Gasteiger partial charge is 0.307 e. The van der Waals surface area contributed by atoms with Crippen LogP contribution in [-0.4, -0.2) is 52.9 Å². The van der Waals surface area contributed by atoms with E-state index in [-0.39, 0.29) is 23.4 Å². The van der Waals surface area contributed by atoms with Gasteiger partial charge in [0.15, 0.2) is 5.69 Å². The summed E-state index contributed by atoms with van der Waals surface area (Å²) in [4.78, 5) is 37.3. The molecule has 28 heavy (non-hydrogen) atoms. The van der Waals surface area contributed by atoms with Crippen LogP contribution in [-0.2, 0) is 20.9 Å². The van der Waals surface area contributed by atoms with Crippen molar-refractivity contribution in [1.29, 1.82) is 0 Å². The van der Waals surface area contributed by atoms with E-state index >= 15 is 0 Å². The molecule has 3 N–H and O–H groups in total. The van der Waals surface area contributed by atoms with E-state index in [0.717, 1.165) is 25.7 Å². The maximum absolute atomic E-state index is 13.0. The third-order valence-corrected chi connectivity index (χ3v) is 5.96. The molecule has 9 nitrogen and oxygen atoms in total. The molecule has 1 aromatic heterocycles. The van der Waals surface area contributed by atoms with Crippen LogP contribution in [0, 0.1) is 23.7 Å². The predicted molar refractivity (Wildman–Crippen MR) is 101 cm³/mol. The van der Waals surface area contributed by atoms with Gasteiger partial charge in [-0.1, -0.05) is 0 Å². The molecule has 9 heteroatoms. The Morgan fingerprint density at radius 3 is 2.43 bits per heavy atom. The first-order chi connectivity index (χ1) is 13.5. The van der Waals surface area contributed by atoms with Crippen LogP contribution >= 0.6 is 0 Å². The van der Waals surface area contributed by atoms with Gasteiger partial charge >= 0.3 is 5.97 Å². The average Bonchev–Trinajstić information content (AvgIpc) is 3.11. The van der Waals surface area contributed by atoms with E-state index < -0.39 is 23.7 Å². The topological polar surface area (TPSA) is 123 Å². The second-order valence-electron chi connectivity index (χ2n) is 7.55. The van der Waals surface area contributed by atoms with Crippen LogP contribution in [0.25, 0.3) is 0 Å². The van der Waals surface area contributed by atoms with Crippen molar-refractivity contribution < 1.29 is 24.2 Å². The highest BCUT2D eigenvalue weighted by atomic mass is 16.5. The highest BCUT2D eigenvalue weighted by molar-refractivity contribution is 6.03. The summed E-state index contributed by atoms with van der Waals surface area (Å²) < 4.78 is 6.50. The van der Waals surface area contributed by atoms with Crippen LogP contribution in [0.3, 0.4) is 0 Å². The van der Waals surface area contributed by atoms with E-state index in [9.17, 15) is 19.5 Å². The van der Waals surface area contributed by atoms with Crippen molar-refractivity contribution >= 4 is 23.5 Å². The minimum absolute atomic E-state index is 0.0495. The summed E-state index contributed by atoms with van der Waals surface area (Å²) in [5.74, 6) is -2.74. The minimum atomic E-state index is -0.906. The predicted octanol–water partition coefficient (Wildman–Crippen LogP) is 1.35. The monoisotopic (exact) mass is 392 g/mol. The summed E-state index contributed by atoms with van der Waals surface area (Å²) in [7, 11) is 1.54. The fourth-order valence-electron chi connectivity index (χ4n) is 4.59. The molecule has 2 bridgehead atoms. The lowest BCUT2D eigenvalue weighted by molar-refractivity contribution is -0.156. The lowest BCUT2D eigenvalue weighted by Crippen LogP contribution is -2.49. The summed E-state index contributed by atoms with van der Waals surface area (Å²) in [5.41, 5.74) is 0.437. The minimum Gasteiger partial charge on any atom is -0.481 e. The summed E-state index contributed by atoms with van der Waals surface area (Å²) in [6.07, 6.45) is 5.11. The SMILES string of the molecule is CCn1cc(NC(=O)[C@@H]2C3CCC(CC3)[C@@H]2C(=O)O)c(C(=O)NCCOC)n1. The Labute approximate surface area is 163 Å². The van der Waals surface area contributed by atoms with Crippen LogP contribution in [0.2, 0.25) is 0 Å². The largest absolute Gasteiger partial charge is 0.481 e. The molecule has 0 spiro atoms. The number of aryl methyl sites for hydroxylation is 1. The molecule has 1 aromatic rings. The maximum atomic E-state index is 13.0. The van der Waals surface area contributed by atoms with Gasteiger partial charge in [-0.3, -0.25) is 19.1 Å². The fourth-order valence-corrected chi connectivity index (χ4v) is 4.59. The van der Waals surface area contributed by atoms with Crippen molar-refractivity contribution in [1.82, 2.24) is 15.1 Å².